The van der Waals surface area contributed by atoms with E-state index in [9.17, 15) is 4.79 Å². The van der Waals surface area contributed by atoms with Crippen LogP contribution in [0.2, 0.25) is 0 Å². The summed E-state index contributed by atoms with van der Waals surface area (Å²) >= 11 is 0. The summed E-state index contributed by atoms with van der Waals surface area (Å²) in [7, 11) is 3.21. The molecule has 0 aromatic heterocycles. The van der Waals surface area contributed by atoms with Crippen molar-refractivity contribution < 1.29 is 14.3 Å². The fourth-order valence-electron chi connectivity index (χ4n) is 2.34. The molecule has 2 aromatic carbocycles. The van der Waals surface area contributed by atoms with Crippen LogP contribution in [0.5, 0.6) is 11.5 Å². The molecule has 1 amide bonds. The zero-order chi connectivity index (χ0) is 17.2. The second-order valence-corrected chi connectivity index (χ2v) is 5.32. The van der Waals surface area contributed by atoms with Gasteiger partial charge in [0.1, 0.15) is 11.5 Å². The molecular weight excluding hydrogens is 302 g/mol. The Balaban J connectivity index is 1.82. The first kappa shape index (κ1) is 17.6. The molecule has 126 valence electrons. The molecule has 0 aliphatic heterocycles. The fourth-order valence-corrected chi connectivity index (χ4v) is 2.34. The molecule has 2 rings (SSSR count). The van der Waals surface area contributed by atoms with Crippen molar-refractivity contribution in [3.63, 3.8) is 0 Å². The van der Waals surface area contributed by atoms with Gasteiger partial charge in [0.2, 0.25) is 5.91 Å². The average molecular weight is 325 g/mol. The highest BCUT2D eigenvalue weighted by Crippen LogP contribution is 2.24. The maximum Gasteiger partial charge on any atom is 0.244 e. The minimum Gasteiger partial charge on any atom is -0.497 e. The molecule has 0 radical (unpaired) electrons. The Bertz CT molecular complexity index is 681. The molecule has 0 saturated carbocycles. The molecule has 0 saturated heterocycles. The Morgan fingerprint density at radius 1 is 1.08 bits per heavy atom. The van der Waals surface area contributed by atoms with Crippen LogP contribution in [0.4, 0.5) is 0 Å². The predicted molar refractivity (Wildman–Crippen MR) is 96.4 cm³/mol. The van der Waals surface area contributed by atoms with Crippen molar-refractivity contribution in [2.75, 3.05) is 20.8 Å². The summed E-state index contributed by atoms with van der Waals surface area (Å²) in [6.07, 6.45) is 5.11. The SMILES string of the molecule is COc1ccc(OC)c(/C=C/C(=O)NCCCc2ccccc2)c1. The first-order valence-corrected chi connectivity index (χ1v) is 7.95. The Kier molecular flexibility index (Phi) is 6.90. The second-order valence-electron chi connectivity index (χ2n) is 5.32. The molecule has 0 spiro atoms. The van der Waals surface area contributed by atoms with E-state index in [1.807, 2.05) is 36.4 Å². The third-order valence-electron chi connectivity index (χ3n) is 3.64. The minimum atomic E-state index is -0.118. The van der Waals surface area contributed by atoms with Crippen molar-refractivity contribution in [2.45, 2.75) is 12.8 Å². The van der Waals surface area contributed by atoms with Gasteiger partial charge in [-0.3, -0.25) is 4.79 Å². The van der Waals surface area contributed by atoms with Crippen LogP contribution >= 0.6 is 0 Å². The van der Waals surface area contributed by atoms with Gasteiger partial charge < -0.3 is 14.8 Å². The molecule has 0 unspecified atom stereocenters. The highest BCUT2D eigenvalue weighted by Gasteiger charge is 2.03. The van der Waals surface area contributed by atoms with E-state index in [1.165, 1.54) is 11.6 Å². The number of carbonyl (C=O) groups is 1. The number of carbonyl (C=O) groups excluding carboxylic acids is 1. The van der Waals surface area contributed by atoms with Gasteiger partial charge in [-0.2, -0.15) is 0 Å². The number of amides is 1. The molecule has 0 fully saturated rings. The van der Waals surface area contributed by atoms with Crippen LogP contribution in [0.15, 0.2) is 54.6 Å². The van der Waals surface area contributed by atoms with Crippen molar-refractivity contribution in [1.82, 2.24) is 5.32 Å². The number of hydrogen-bond acceptors (Lipinski definition) is 3. The van der Waals surface area contributed by atoms with Crippen molar-refractivity contribution >= 4 is 12.0 Å². The summed E-state index contributed by atoms with van der Waals surface area (Å²) in [5.41, 5.74) is 2.08. The maximum atomic E-state index is 11.9. The monoisotopic (exact) mass is 325 g/mol. The van der Waals surface area contributed by atoms with E-state index in [4.69, 9.17) is 9.47 Å². The summed E-state index contributed by atoms with van der Waals surface area (Å²) in [5, 5.41) is 2.89. The second kappa shape index (κ2) is 9.40. The number of hydrogen-bond donors (Lipinski definition) is 1. The van der Waals surface area contributed by atoms with Gasteiger partial charge in [0.05, 0.1) is 14.2 Å². The third kappa shape index (κ3) is 5.47. The lowest BCUT2D eigenvalue weighted by Gasteiger charge is -2.07. The first-order valence-electron chi connectivity index (χ1n) is 7.95. The Morgan fingerprint density at radius 2 is 1.88 bits per heavy atom. The van der Waals surface area contributed by atoms with Gasteiger partial charge in [-0.15, -0.1) is 0 Å². The zero-order valence-electron chi connectivity index (χ0n) is 14.1. The minimum absolute atomic E-state index is 0.118. The summed E-state index contributed by atoms with van der Waals surface area (Å²) in [5.74, 6) is 1.30. The van der Waals surface area contributed by atoms with E-state index in [-0.39, 0.29) is 5.91 Å². The van der Waals surface area contributed by atoms with Gasteiger partial charge in [-0.05, 0) is 42.7 Å². The molecule has 4 nitrogen and oxygen atoms in total. The summed E-state index contributed by atoms with van der Waals surface area (Å²) in [6.45, 7) is 0.646. The van der Waals surface area contributed by atoms with E-state index in [0.29, 0.717) is 12.3 Å². The van der Waals surface area contributed by atoms with Gasteiger partial charge in [0.25, 0.3) is 0 Å². The van der Waals surface area contributed by atoms with Crippen LogP contribution in [0, 0.1) is 0 Å². The molecule has 0 heterocycles. The number of benzene rings is 2. The Labute approximate surface area is 143 Å². The number of rotatable bonds is 8. The van der Waals surface area contributed by atoms with Gasteiger partial charge in [-0.25, -0.2) is 0 Å². The van der Waals surface area contributed by atoms with Gasteiger partial charge >= 0.3 is 0 Å². The molecule has 0 aliphatic rings. The van der Waals surface area contributed by atoms with E-state index in [2.05, 4.69) is 17.4 Å². The molecule has 4 heteroatoms. The van der Waals surface area contributed by atoms with E-state index >= 15 is 0 Å². The van der Waals surface area contributed by atoms with Crippen molar-refractivity contribution in [3.8, 4) is 11.5 Å². The summed E-state index contributed by atoms with van der Waals surface area (Å²) < 4.78 is 10.5. The van der Waals surface area contributed by atoms with Crippen LogP contribution < -0.4 is 14.8 Å². The lowest BCUT2D eigenvalue weighted by molar-refractivity contribution is -0.116. The molecule has 24 heavy (non-hydrogen) atoms. The molecule has 1 N–H and O–H groups in total. The quantitative estimate of drug-likeness (QED) is 0.597. The zero-order valence-corrected chi connectivity index (χ0v) is 14.1. The molecular formula is C20H23NO3. The van der Waals surface area contributed by atoms with E-state index < -0.39 is 0 Å². The van der Waals surface area contributed by atoms with Crippen molar-refractivity contribution in [2.24, 2.45) is 0 Å². The van der Waals surface area contributed by atoms with Gasteiger partial charge in [-0.1, -0.05) is 30.3 Å². The number of aryl methyl sites for hydroxylation is 1. The predicted octanol–water partition coefficient (Wildman–Crippen LogP) is 3.47. The van der Waals surface area contributed by atoms with Crippen molar-refractivity contribution in [3.05, 3.63) is 65.7 Å². The van der Waals surface area contributed by atoms with Crippen molar-refractivity contribution in [1.29, 1.82) is 0 Å². The number of nitrogens with one attached hydrogen (secondary N) is 1. The van der Waals surface area contributed by atoms with Crippen LogP contribution in [0.3, 0.4) is 0 Å². The van der Waals surface area contributed by atoms with E-state index in [1.54, 1.807) is 20.3 Å². The lowest BCUT2D eigenvalue weighted by atomic mass is 10.1. The van der Waals surface area contributed by atoms with Gasteiger partial charge in [0.15, 0.2) is 0 Å². The van der Waals surface area contributed by atoms with Crippen LogP contribution in [-0.2, 0) is 11.2 Å². The summed E-state index contributed by atoms with van der Waals surface area (Å²) in [6, 6.07) is 15.7. The number of ether oxygens (including phenoxy) is 2. The highest BCUT2D eigenvalue weighted by atomic mass is 16.5. The summed E-state index contributed by atoms with van der Waals surface area (Å²) in [4.78, 5) is 11.9. The van der Waals surface area contributed by atoms with Gasteiger partial charge in [0, 0.05) is 18.2 Å². The Morgan fingerprint density at radius 3 is 2.58 bits per heavy atom. The first-order chi connectivity index (χ1) is 11.7. The average Bonchev–Trinajstić information content (AvgIpc) is 2.64. The highest BCUT2D eigenvalue weighted by molar-refractivity contribution is 5.92. The standard InChI is InChI=1S/C20H23NO3/c1-23-18-11-12-19(24-2)17(15-18)10-13-20(22)21-14-6-9-16-7-4-3-5-8-16/h3-5,7-8,10-13,15H,6,9,14H2,1-2H3,(H,21,22)/b13-10+. The molecule has 2 aromatic rings. The number of methoxy groups -OCH3 is 2. The largest absolute Gasteiger partial charge is 0.497 e. The molecule has 0 aliphatic carbocycles. The Hall–Kier alpha value is -2.75. The van der Waals surface area contributed by atoms with E-state index in [0.717, 1.165) is 24.2 Å². The lowest BCUT2D eigenvalue weighted by Crippen LogP contribution is -2.22. The smallest absolute Gasteiger partial charge is 0.244 e. The molecule has 0 bridgehead atoms. The third-order valence-corrected chi connectivity index (χ3v) is 3.64. The fraction of sp³-hybridized carbons (Fsp3) is 0.250. The van der Waals surface area contributed by atoms with Crippen LogP contribution in [-0.4, -0.2) is 26.7 Å². The topological polar surface area (TPSA) is 47.6 Å². The normalized spacial score (nSPS) is 10.6. The van der Waals surface area contributed by atoms with Crippen LogP contribution in [0.1, 0.15) is 17.5 Å². The maximum absolute atomic E-state index is 11.9. The molecule has 0 atom stereocenters. The van der Waals surface area contributed by atoms with Crippen LogP contribution in [0.25, 0.3) is 6.08 Å².